The molecule has 1 aromatic carbocycles. The van der Waals surface area contributed by atoms with Gasteiger partial charge < -0.3 is 9.94 Å². The van der Waals surface area contributed by atoms with E-state index in [1.807, 2.05) is 0 Å². The van der Waals surface area contributed by atoms with Gasteiger partial charge in [0.05, 0.1) is 12.2 Å². The second kappa shape index (κ2) is 7.09. The van der Waals surface area contributed by atoms with Gasteiger partial charge in [0.2, 0.25) is 12.0 Å². The fourth-order valence-electron chi connectivity index (χ4n) is 1.25. The SMILES string of the molecule is CCOC(=O)C(/N=C/c1c(F)c(F)c(F)c(F)c1F)NO. The van der Waals surface area contributed by atoms with Gasteiger partial charge in [-0.25, -0.2) is 26.7 Å². The fourth-order valence-corrected chi connectivity index (χ4v) is 1.25. The Morgan fingerprint density at radius 3 is 2.10 bits per heavy atom. The van der Waals surface area contributed by atoms with E-state index in [9.17, 15) is 26.7 Å². The van der Waals surface area contributed by atoms with Crippen molar-refractivity contribution in [1.82, 2.24) is 5.48 Å². The number of nitrogens with one attached hydrogen (secondary N) is 1. The molecule has 0 heterocycles. The van der Waals surface area contributed by atoms with E-state index in [-0.39, 0.29) is 12.8 Å². The average molecular weight is 312 g/mol. The van der Waals surface area contributed by atoms with Gasteiger partial charge in [0.1, 0.15) is 0 Å². The summed E-state index contributed by atoms with van der Waals surface area (Å²) in [6.45, 7) is 1.37. The Bertz CT molecular complexity index is 550. The van der Waals surface area contributed by atoms with Crippen molar-refractivity contribution in [3.63, 3.8) is 0 Å². The Kier molecular flexibility index (Phi) is 5.73. The van der Waals surface area contributed by atoms with Gasteiger partial charge in [0.25, 0.3) is 0 Å². The highest BCUT2D eigenvalue weighted by Crippen LogP contribution is 2.21. The van der Waals surface area contributed by atoms with Crippen molar-refractivity contribution in [3.8, 4) is 0 Å². The summed E-state index contributed by atoms with van der Waals surface area (Å²) in [6, 6.07) is 0. The molecular formula is C11H9F5N2O3. The van der Waals surface area contributed by atoms with Gasteiger partial charge in [0.15, 0.2) is 23.3 Å². The molecule has 2 N–H and O–H groups in total. The lowest BCUT2D eigenvalue weighted by Gasteiger charge is -2.09. The van der Waals surface area contributed by atoms with E-state index in [4.69, 9.17) is 5.21 Å². The second-order valence-electron chi connectivity index (χ2n) is 3.55. The van der Waals surface area contributed by atoms with Gasteiger partial charge in [-0.1, -0.05) is 0 Å². The Morgan fingerprint density at radius 2 is 1.67 bits per heavy atom. The van der Waals surface area contributed by atoms with E-state index in [0.717, 1.165) is 0 Å². The summed E-state index contributed by atoms with van der Waals surface area (Å²) in [4.78, 5) is 14.4. The van der Waals surface area contributed by atoms with Crippen molar-refractivity contribution in [2.75, 3.05) is 6.61 Å². The lowest BCUT2D eigenvalue weighted by Crippen LogP contribution is -2.34. The normalized spacial score (nSPS) is 12.7. The molecule has 21 heavy (non-hydrogen) atoms. The number of aliphatic imine (C=N–C) groups is 1. The highest BCUT2D eigenvalue weighted by atomic mass is 19.2. The predicted octanol–water partition coefficient (Wildman–Crippen LogP) is 1.67. The summed E-state index contributed by atoms with van der Waals surface area (Å²) >= 11 is 0. The Balaban J connectivity index is 3.18. The zero-order valence-electron chi connectivity index (χ0n) is 10.5. The highest BCUT2D eigenvalue weighted by molar-refractivity contribution is 5.84. The summed E-state index contributed by atoms with van der Waals surface area (Å²) in [7, 11) is 0. The van der Waals surface area contributed by atoms with Gasteiger partial charge in [-0.3, -0.25) is 4.99 Å². The van der Waals surface area contributed by atoms with Crippen LogP contribution in [-0.4, -0.2) is 30.2 Å². The smallest absolute Gasteiger partial charge is 0.347 e. The molecule has 0 radical (unpaired) electrons. The van der Waals surface area contributed by atoms with Crippen LogP contribution in [0, 0.1) is 29.1 Å². The number of nitrogens with zero attached hydrogens (tertiary/aromatic N) is 1. The minimum atomic E-state index is -2.32. The molecule has 0 aliphatic heterocycles. The number of rotatable bonds is 5. The third kappa shape index (κ3) is 3.52. The molecule has 1 unspecified atom stereocenters. The summed E-state index contributed by atoms with van der Waals surface area (Å²) in [5.74, 6) is -12.0. The number of carbonyl (C=O) groups is 1. The molecule has 0 bridgehead atoms. The van der Waals surface area contributed by atoms with E-state index in [1.54, 1.807) is 0 Å². The molecule has 10 heteroatoms. The van der Waals surface area contributed by atoms with Crippen LogP contribution in [0.15, 0.2) is 4.99 Å². The van der Waals surface area contributed by atoms with Crippen LogP contribution in [0.3, 0.4) is 0 Å². The maximum Gasteiger partial charge on any atom is 0.347 e. The molecule has 0 fully saturated rings. The molecule has 5 nitrogen and oxygen atoms in total. The molecule has 0 spiro atoms. The van der Waals surface area contributed by atoms with Crippen LogP contribution in [0.5, 0.6) is 0 Å². The molecule has 0 amide bonds. The van der Waals surface area contributed by atoms with Crippen molar-refractivity contribution in [3.05, 3.63) is 34.6 Å². The minimum Gasteiger partial charge on any atom is -0.463 e. The first kappa shape index (κ1) is 17.0. The second-order valence-corrected chi connectivity index (χ2v) is 3.55. The Labute approximate surface area is 115 Å². The summed E-state index contributed by atoms with van der Waals surface area (Å²) < 4.78 is 69.6. The van der Waals surface area contributed by atoms with Gasteiger partial charge in [-0.2, -0.15) is 5.48 Å². The van der Waals surface area contributed by atoms with Crippen molar-refractivity contribution in [1.29, 1.82) is 0 Å². The van der Waals surface area contributed by atoms with E-state index >= 15 is 0 Å². The predicted molar refractivity (Wildman–Crippen MR) is 59.2 cm³/mol. The van der Waals surface area contributed by atoms with Crippen molar-refractivity contribution in [2.45, 2.75) is 13.1 Å². The third-order valence-corrected chi connectivity index (χ3v) is 2.23. The number of carbonyl (C=O) groups excluding carboxylic acids is 1. The number of halogens is 5. The maximum atomic E-state index is 13.3. The number of hydrogen-bond donors (Lipinski definition) is 2. The van der Waals surface area contributed by atoms with Crippen molar-refractivity contribution in [2.24, 2.45) is 4.99 Å². The number of hydrogen-bond acceptors (Lipinski definition) is 5. The molecular weight excluding hydrogens is 303 g/mol. The van der Waals surface area contributed by atoms with Crippen molar-refractivity contribution >= 4 is 12.2 Å². The molecule has 0 saturated carbocycles. The first-order valence-corrected chi connectivity index (χ1v) is 5.45. The molecule has 0 saturated heterocycles. The van der Waals surface area contributed by atoms with Crippen LogP contribution in [0.25, 0.3) is 0 Å². The van der Waals surface area contributed by atoms with E-state index in [2.05, 4.69) is 9.73 Å². The Morgan fingerprint density at radius 1 is 1.19 bits per heavy atom. The van der Waals surface area contributed by atoms with Crippen LogP contribution in [-0.2, 0) is 9.53 Å². The summed E-state index contributed by atoms with van der Waals surface area (Å²) in [6.07, 6.45) is -1.55. The quantitative estimate of drug-likeness (QED) is 0.217. The van der Waals surface area contributed by atoms with Gasteiger partial charge >= 0.3 is 5.97 Å². The van der Waals surface area contributed by atoms with Gasteiger partial charge in [-0.15, -0.1) is 0 Å². The molecule has 1 aromatic rings. The van der Waals surface area contributed by atoms with Crippen LogP contribution >= 0.6 is 0 Å². The van der Waals surface area contributed by atoms with Gasteiger partial charge in [-0.05, 0) is 6.92 Å². The minimum absolute atomic E-state index is 0.0743. The number of benzene rings is 1. The molecule has 0 aromatic heterocycles. The van der Waals surface area contributed by atoms with E-state index in [0.29, 0.717) is 0 Å². The Hall–Kier alpha value is -2.07. The monoisotopic (exact) mass is 312 g/mol. The largest absolute Gasteiger partial charge is 0.463 e. The zero-order valence-corrected chi connectivity index (χ0v) is 10.5. The molecule has 1 atom stereocenters. The highest BCUT2D eigenvalue weighted by Gasteiger charge is 2.25. The van der Waals surface area contributed by atoms with Crippen LogP contribution < -0.4 is 5.48 Å². The molecule has 116 valence electrons. The lowest BCUT2D eigenvalue weighted by atomic mass is 10.2. The van der Waals surface area contributed by atoms with E-state index in [1.165, 1.54) is 12.4 Å². The van der Waals surface area contributed by atoms with Crippen molar-refractivity contribution < 1.29 is 36.7 Å². The average Bonchev–Trinajstić information content (AvgIpc) is 2.47. The fraction of sp³-hybridized carbons (Fsp3) is 0.273. The first-order valence-electron chi connectivity index (χ1n) is 5.45. The van der Waals surface area contributed by atoms with Crippen LogP contribution in [0.2, 0.25) is 0 Å². The van der Waals surface area contributed by atoms with E-state index < -0.39 is 46.8 Å². The molecule has 0 aliphatic carbocycles. The summed E-state index contributed by atoms with van der Waals surface area (Å²) in [5.41, 5.74) is 0.00652. The van der Waals surface area contributed by atoms with Gasteiger partial charge in [0, 0.05) is 6.21 Å². The summed E-state index contributed by atoms with van der Waals surface area (Å²) in [5, 5.41) is 8.63. The van der Waals surface area contributed by atoms with Crippen LogP contribution in [0.1, 0.15) is 12.5 Å². The first-order chi connectivity index (χ1) is 9.84. The molecule has 1 rings (SSSR count). The number of esters is 1. The van der Waals surface area contributed by atoms with Crippen LogP contribution in [0.4, 0.5) is 22.0 Å². The zero-order chi connectivity index (χ0) is 16.2. The number of hydroxylamine groups is 1. The third-order valence-electron chi connectivity index (χ3n) is 2.23. The molecule has 0 aliphatic rings. The lowest BCUT2D eigenvalue weighted by molar-refractivity contribution is -0.148. The maximum absolute atomic E-state index is 13.3. The topological polar surface area (TPSA) is 70.9 Å². The standard InChI is InChI=1S/C11H9F5N2O3/c1-2-21-11(19)10(18-20)17-3-4-5(12)7(14)9(16)8(15)6(4)13/h3,10,18,20H,2H2,1H3/b17-3+. The number of ether oxygens (including phenoxy) is 1.